The van der Waals surface area contributed by atoms with Gasteiger partial charge in [0.2, 0.25) is 6.79 Å². The molecule has 1 aliphatic heterocycles. The molecule has 0 atom stereocenters. The number of aryl methyl sites for hydroxylation is 1. The first kappa shape index (κ1) is 13.2. The van der Waals surface area contributed by atoms with Crippen LogP contribution in [0.15, 0.2) is 36.5 Å². The standard InChI is InChI=1S/C17H17N3O2/c1-11-5-7-20-13(4-6-18)17(19-16(20)8-11)12-2-3-14-15(9-12)22-10-21-14/h2-3,5,7-9H,4,6,10,18H2,1H3. The lowest BCUT2D eigenvalue weighted by Gasteiger charge is -2.05. The molecule has 0 fully saturated rings. The normalized spacial score (nSPS) is 13.0. The zero-order chi connectivity index (χ0) is 15.1. The molecule has 2 aromatic heterocycles. The lowest BCUT2D eigenvalue weighted by molar-refractivity contribution is 0.174. The second-order valence-electron chi connectivity index (χ2n) is 5.45. The minimum atomic E-state index is 0.277. The first-order chi connectivity index (χ1) is 10.8. The van der Waals surface area contributed by atoms with Crippen LogP contribution in [-0.4, -0.2) is 22.7 Å². The van der Waals surface area contributed by atoms with E-state index < -0.39 is 0 Å². The second-order valence-corrected chi connectivity index (χ2v) is 5.45. The number of pyridine rings is 1. The number of fused-ring (bicyclic) bond motifs is 2. The van der Waals surface area contributed by atoms with E-state index in [1.807, 2.05) is 18.2 Å². The molecule has 2 N–H and O–H groups in total. The predicted octanol–water partition coefficient (Wildman–Crippen LogP) is 2.54. The average Bonchev–Trinajstić information content (AvgIpc) is 3.11. The van der Waals surface area contributed by atoms with Gasteiger partial charge in [-0.25, -0.2) is 4.98 Å². The number of benzene rings is 1. The van der Waals surface area contributed by atoms with E-state index in [-0.39, 0.29) is 6.79 Å². The zero-order valence-electron chi connectivity index (χ0n) is 12.4. The van der Waals surface area contributed by atoms with Crippen molar-refractivity contribution in [2.45, 2.75) is 13.3 Å². The fourth-order valence-electron chi connectivity index (χ4n) is 2.85. The molecular formula is C17H17N3O2. The number of imidazole rings is 1. The van der Waals surface area contributed by atoms with Crippen LogP contribution in [-0.2, 0) is 6.42 Å². The van der Waals surface area contributed by atoms with Crippen LogP contribution in [0.4, 0.5) is 0 Å². The molecule has 4 rings (SSSR count). The Balaban J connectivity index is 1.91. The third-order valence-corrected chi connectivity index (χ3v) is 3.91. The molecule has 0 aliphatic carbocycles. The van der Waals surface area contributed by atoms with Gasteiger partial charge < -0.3 is 19.6 Å². The summed E-state index contributed by atoms with van der Waals surface area (Å²) in [4.78, 5) is 4.80. The lowest BCUT2D eigenvalue weighted by atomic mass is 10.1. The van der Waals surface area contributed by atoms with Crippen LogP contribution >= 0.6 is 0 Å². The Morgan fingerprint density at radius 3 is 2.91 bits per heavy atom. The molecule has 112 valence electrons. The molecule has 0 unspecified atom stereocenters. The number of rotatable bonds is 3. The van der Waals surface area contributed by atoms with Crippen molar-refractivity contribution in [2.75, 3.05) is 13.3 Å². The molecule has 0 spiro atoms. The molecule has 22 heavy (non-hydrogen) atoms. The maximum Gasteiger partial charge on any atom is 0.231 e. The summed E-state index contributed by atoms with van der Waals surface area (Å²) in [5, 5.41) is 0. The fourth-order valence-corrected chi connectivity index (χ4v) is 2.85. The highest BCUT2D eigenvalue weighted by molar-refractivity contribution is 5.70. The molecule has 5 nitrogen and oxygen atoms in total. The number of hydrogen-bond acceptors (Lipinski definition) is 4. The van der Waals surface area contributed by atoms with Gasteiger partial charge in [-0.2, -0.15) is 0 Å². The Bertz CT molecular complexity index is 854. The van der Waals surface area contributed by atoms with Crippen LogP contribution in [0.2, 0.25) is 0 Å². The molecule has 0 saturated carbocycles. The summed E-state index contributed by atoms with van der Waals surface area (Å²) >= 11 is 0. The van der Waals surface area contributed by atoms with Gasteiger partial charge in [-0.05, 0) is 49.4 Å². The van der Waals surface area contributed by atoms with Crippen molar-refractivity contribution in [3.63, 3.8) is 0 Å². The van der Waals surface area contributed by atoms with Crippen molar-refractivity contribution in [3.8, 4) is 22.8 Å². The van der Waals surface area contributed by atoms with Crippen molar-refractivity contribution >= 4 is 5.65 Å². The molecule has 0 bridgehead atoms. The maximum atomic E-state index is 5.79. The Morgan fingerprint density at radius 2 is 2.05 bits per heavy atom. The molecule has 5 heteroatoms. The SMILES string of the molecule is Cc1ccn2c(CCN)c(-c3ccc4c(c3)OCO4)nc2c1. The van der Waals surface area contributed by atoms with Crippen LogP contribution in [0.5, 0.6) is 11.5 Å². The van der Waals surface area contributed by atoms with E-state index in [2.05, 4.69) is 29.7 Å². The highest BCUT2D eigenvalue weighted by Crippen LogP contribution is 2.36. The van der Waals surface area contributed by atoms with Gasteiger partial charge >= 0.3 is 0 Å². The fraction of sp³-hybridized carbons (Fsp3) is 0.235. The minimum absolute atomic E-state index is 0.277. The summed E-state index contributed by atoms with van der Waals surface area (Å²) in [6.07, 6.45) is 2.83. The van der Waals surface area contributed by atoms with Gasteiger partial charge in [0.15, 0.2) is 11.5 Å². The Morgan fingerprint density at radius 1 is 1.18 bits per heavy atom. The quantitative estimate of drug-likeness (QED) is 0.806. The summed E-state index contributed by atoms with van der Waals surface area (Å²) in [5.41, 5.74) is 11.0. The summed E-state index contributed by atoms with van der Waals surface area (Å²) in [6, 6.07) is 10.1. The van der Waals surface area contributed by atoms with Crippen molar-refractivity contribution in [1.29, 1.82) is 0 Å². The van der Waals surface area contributed by atoms with E-state index in [0.29, 0.717) is 6.54 Å². The van der Waals surface area contributed by atoms with Crippen molar-refractivity contribution in [1.82, 2.24) is 9.38 Å². The first-order valence-electron chi connectivity index (χ1n) is 7.34. The number of hydrogen-bond donors (Lipinski definition) is 1. The van der Waals surface area contributed by atoms with Gasteiger partial charge in [-0.3, -0.25) is 0 Å². The van der Waals surface area contributed by atoms with Crippen LogP contribution in [0.1, 0.15) is 11.3 Å². The molecule has 0 radical (unpaired) electrons. The predicted molar refractivity (Wildman–Crippen MR) is 84.2 cm³/mol. The third-order valence-electron chi connectivity index (χ3n) is 3.91. The zero-order valence-corrected chi connectivity index (χ0v) is 12.4. The van der Waals surface area contributed by atoms with E-state index in [9.17, 15) is 0 Å². The Kier molecular flexibility index (Phi) is 3.01. The van der Waals surface area contributed by atoms with E-state index in [1.165, 1.54) is 5.56 Å². The largest absolute Gasteiger partial charge is 0.454 e. The molecule has 0 saturated heterocycles. The molecule has 0 amide bonds. The molecule has 1 aromatic carbocycles. The molecule has 3 aromatic rings. The number of aromatic nitrogens is 2. The van der Waals surface area contributed by atoms with Gasteiger partial charge in [0.25, 0.3) is 0 Å². The van der Waals surface area contributed by atoms with Gasteiger partial charge in [-0.15, -0.1) is 0 Å². The van der Waals surface area contributed by atoms with Crippen molar-refractivity contribution < 1.29 is 9.47 Å². The third kappa shape index (κ3) is 2.02. The van der Waals surface area contributed by atoms with Crippen LogP contribution in [0, 0.1) is 6.92 Å². The molecular weight excluding hydrogens is 278 g/mol. The molecule has 3 heterocycles. The highest BCUT2D eigenvalue weighted by Gasteiger charge is 2.18. The van der Waals surface area contributed by atoms with Crippen LogP contribution < -0.4 is 15.2 Å². The number of nitrogens with zero attached hydrogens (tertiary/aromatic N) is 2. The Hall–Kier alpha value is -2.53. The van der Waals surface area contributed by atoms with E-state index >= 15 is 0 Å². The van der Waals surface area contributed by atoms with E-state index in [1.54, 1.807) is 0 Å². The van der Waals surface area contributed by atoms with Crippen molar-refractivity contribution in [2.24, 2.45) is 5.73 Å². The summed E-state index contributed by atoms with van der Waals surface area (Å²) in [7, 11) is 0. The number of ether oxygens (including phenoxy) is 2. The van der Waals surface area contributed by atoms with Gasteiger partial charge in [0, 0.05) is 18.2 Å². The average molecular weight is 295 g/mol. The lowest BCUT2D eigenvalue weighted by Crippen LogP contribution is -2.06. The van der Waals surface area contributed by atoms with Crippen LogP contribution in [0.3, 0.4) is 0 Å². The molecule has 1 aliphatic rings. The summed E-state index contributed by atoms with van der Waals surface area (Å²) in [6.45, 7) is 2.93. The highest BCUT2D eigenvalue weighted by atomic mass is 16.7. The minimum Gasteiger partial charge on any atom is -0.454 e. The van der Waals surface area contributed by atoms with E-state index in [0.717, 1.165) is 40.5 Å². The Labute approximate surface area is 128 Å². The van der Waals surface area contributed by atoms with E-state index in [4.69, 9.17) is 20.2 Å². The first-order valence-corrected chi connectivity index (χ1v) is 7.34. The topological polar surface area (TPSA) is 61.8 Å². The van der Waals surface area contributed by atoms with Crippen LogP contribution in [0.25, 0.3) is 16.9 Å². The second kappa shape index (κ2) is 5.03. The van der Waals surface area contributed by atoms with Gasteiger partial charge in [-0.1, -0.05) is 0 Å². The monoisotopic (exact) mass is 295 g/mol. The maximum absolute atomic E-state index is 5.79. The van der Waals surface area contributed by atoms with Crippen molar-refractivity contribution in [3.05, 3.63) is 47.8 Å². The summed E-state index contributed by atoms with van der Waals surface area (Å²) in [5.74, 6) is 1.55. The number of nitrogens with two attached hydrogens (primary N) is 1. The summed E-state index contributed by atoms with van der Waals surface area (Å²) < 4.78 is 13.0. The smallest absolute Gasteiger partial charge is 0.231 e. The van der Waals surface area contributed by atoms with Gasteiger partial charge in [0.05, 0.1) is 11.4 Å². The van der Waals surface area contributed by atoms with Gasteiger partial charge in [0.1, 0.15) is 5.65 Å².